The molecule has 0 spiro atoms. The lowest BCUT2D eigenvalue weighted by molar-refractivity contribution is -0.138. The summed E-state index contributed by atoms with van der Waals surface area (Å²) < 4.78 is 5.11. The van der Waals surface area contributed by atoms with Crippen LogP contribution in [0.1, 0.15) is 44.0 Å². The van der Waals surface area contributed by atoms with Crippen LogP contribution in [-0.2, 0) is 9.59 Å². The van der Waals surface area contributed by atoms with Crippen molar-refractivity contribution in [1.29, 1.82) is 0 Å². The number of methoxy groups -OCH3 is 1. The normalized spacial score (nSPS) is 24.4. The molecule has 5 amide bonds. The molecule has 2 aliphatic rings. The summed E-state index contributed by atoms with van der Waals surface area (Å²) in [6, 6.07) is 5.47. The fourth-order valence-electron chi connectivity index (χ4n) is 4.17. The van der Waals surface area contributed by atoms with Crippen molar-refractivity contribution in [3.8, 4) is 5.75 Å². The highest BCUT2D eigenvalue weighted by molar-refractivity contribution is 6.07. The summed E-state index contributed by atoms with van der Waals surface area (Å²) in [6.07, 6.45) is 1.44. The minimum absolute atomic E-state index is 0.125. The third kappa shape index (κ3) is 4.65. The SMILES string of the molecule is COc1ccc(C(=O)N[C@H](C(=O)N2CCC[C@H]([C@@]3(C)NC(=O)NC3=O)C2)C(C)C)cc1. The summed E-state index contributed by atoms with van der Waals surface area (Å²) in [7, 11) is 1.55. The molecule has 0 aromatic heterocycles. The number of hydrogen-bond donors (Lipinski definition) is 3. The number of nitrogens with zero attached hydrogens (tertiary/aromatic N) is 1. The number of carbonyl (C=O) groups excluding carboxylic acids is 4. The number of carbonyl (C=O) groups is 4. The highest BCUT2D eigenvalue weighted by Crippen LogP contribution is 2.30. The Morgan fingerprint density at radius 1 is 1.23 bits per heavy atom. The van der Waals surface area contributed by atoms with Gasteiger partial charge < -0.3 is 20.3 Å². The van der Waals surface area contributed by atoms with Crippen molar-refractivity contribution in [3.05, 3.63) is 29.8 Å². The van der Waals surface area contributed by atoms with Crippen LogP contribution in [0.25, 0.3) is 0 Å². The molecular formula is C22H30N4O5. The minimum atomic E-state index is -1.05. The van der Waals surface area contributed by atoms with Gasteiger partial charge in [0.15, 0.2) is 0 Å². The fourth-order valence-corrected chi connectivity index (χ4v) is 4.17. The molecule has 2 saturated heterocycles. The largest absolute Gasteiger partial charge is 0.497 e. The number of urea groups is 1. The first-order valence-electron chi connectivity index (χ1n) is 10.5. The molecule has 1 aromatic rings. The Hall–Kier alpha value is -3.10. The Bertz CT molecular complexity index is 869. The van der Waals surface area contributed by atoms with Crippen LogP contribution in [-0.4, -0.2) is 60.4 Å². The van der Waals surface area contributed by atoms with Gasteiger partial charge in [-0.3, -0.25) is 19.7 Å². The number of ether oxygens (including phenoxy) is 1. The Balaban J connectivity index is 1.71. The van der Waals surface area contributed by atoms with Gasteiger partial charge >= 0.3 is 6.03 Å². The van der Waals surface area contributed by atoms with Crippen LogP contribution in [0.3, 0.4) is 0 Å². The number of hydrogen-bond acceptors (Lipinski definition) is 5. The smallest absolute Gasteiger partial charge is 0.322 e. The zero-order valence-electron chi connectivity index (χ0n) is 18.4. The van der Waals surface area contributed by atoms with Gasteiger partial charge in [-0.25, -0.2) is 4.79 Å². The number of likely N-dealkylation sites (tertiary alicyclic amines) is 1. The van der Waals surface area contributed by atoms with E-state index in [4.69, 9.17) is 4.74 Å². The molecule has 9 heteroatoms. The Morgan fingerprint density at radius 2 is 1.90 bits per heavy atom. The van der Waals surface area contributed by atoms with Gasteiger partial charge in [0.05, 0.1) is 7.11 Å². The van der Waals surface area contributed by atoms with Crippen LogP contribution in [0, 0.1) is 11.8 Å². The van der Waals surface area contributed by atoms with Gasteiger partial charge in [-0.1, -0.05) is 13.8 Å². The summed E-state index contributed by atoms with van der Waals surface area (Å²) in [4.78, 5) is 51.7. The van der Waals surface area contributed by atoms with Crippen LogP contribution in [0.4, 0.5) is 4.79 Å². The second-order valence-corrected chi connectivity index (χ2v) is 8.66. The van der Waals surface area contributed by atoms with E-state index in [2.05, 4.69) is 16.0 Å². The zero-order chi connectivity index (χ0) is 22.8. The van der Waals surface area contributed by atoms with Gasteiger partial charge in [0.2, 0.25) is 5.91 Å². The van der Waals surface area contributed by atoms with Crippen molar-refractivity contribution in [2.75, 3.05) is 20.2 Å². The van der Waals surface area contributed by atoms with E-state index in [1.807, 2.05) is 13.8 Å². The fraction of sp³-hybridized carbons (Fsp3) is 0.545. The summed E-state index contributed by atoms with van der Waals surface area (Å²) in [5.41, 5.74) is -0.607. The summed E-state index contributed by atoms with van der Waals surface area (Å²) >= 11 is 0. The van der Waals surface area contributed by atoms with Gasteiger partial charge in [0.1, 0.15) is 17.3 Å². The number of amides is 5. The van der Waals surface area contributed by atoms with Crippen molar-refractivity contribution in [1.82, 2.24) is 20.9 Å². The Kier molecular flexibility index (Phi) is 6.52. The third-order valence-electron chi connectivity index (χ3n) is 6.19. The number of nitrogens with one attached hydrogen (secondary N) is 3. The topological polar surface area (TPSA) is 117 Å². The molecule has 31 heavy (non-hydrogen) atoms. The van der Waals surface area contributed by atoms with E-state index < -0.39 is 17.6 Å². The van der Waals surface area contributed by atoms with Crippen LogP contribution in [0.2, 0.25) is 0 Å². The van der Waals surface area contributed by atoms with E-state index in [0.717, 1.165) is 6.42 Å². The first-order chi connectivity index (χ1) is 14.7. The van der Waals surface area contributed by atoms with Crippen molar-refractivity contribution >= 4 is 23.8 Å². The molecule has 9 nitrogen and oxygen atoms in total. The molecule has 0 aliphatic carbocycles. The van der Waals surface area contributed by atoms with Crippen molar-refractivity contribution in [2.24, 2.45) is 11.8 Å². The lowest BCUT2D eigenvalue weighted by Gasteiger charge is -2.41. The molecule has 168 valence electrons. The number of benzene rings is 1. The van der Waals surface area contributed by atoms with Crippen molar-refractivity contribution in [2.45, 2.75) is 45.2 Å². The maximum Gasteiger partial charge on any atom is 0.322 e. The summed E-state index contributed by atoms with van der Waals surface area (Å²) in [5, 5.41) is 7.85. The summed E-state index contributed by atoms with van der Waals surface area (Å²) in [5.74, 6) is -0.580. The molecule has 0 radical (unpaired) electrons. The van der Waals surface area contributed by atoms with Gasteiger partial charge in [-0.15, -0.1) is 0 Å². The van der Waals surface area contributed by atoms with Crippen LogP contribution in [0.5, 0.6) is 5.75 Å². The van der Waals surface area contributed by atoms with E-state index in [0.29, 0.717) is 30.8 Å². The molecule has 2 aliphatic heterocycles. The predicted molar refractivity (Wildman–Crippen MR) is 113 cm³/mol. The third-order valence-corrected chi connectivity index (χ3v) is 6.19. The van der Waals surface area contributed by atoms with Gasteiger partial charge in [0.25, 0.3) is 11.8 Å². The van der Waals surface area contributed by atoms with Gasteiger partial charge in [-0.05, 0) is 49.9 Å². The van der Waals surface area contributed by atoms with Gasteiger partial charge in [0, 0.05) is 24.6 Å². The van der Waals surface area contributed by atoms with Gasteiger partial charge in [-0.2, -0.15) is 0 Å². The molecule has 0 saturated carbocycles. The number of imide groups is 1. The Morgan fingerprint density at radius 3 is 2.45 bits per heavy atom. The molecule has 3 atom stereocenters. The van der Waals surface area contributed by atoms with Crippen LogP contribution < -0.4 is 20.7 Å². The first kappa shape index (κ1) is 22.6. The van der Waals surface area contributed by atoms with Crippen molar-refractivity contribution in [3.63, 3.8) is 0 Å². The van der Waals surface area contributed by atoms with E-state index in [1.54, 1.807) is 43.2 Å². The molecule has 0 unspecified atom stereocenters. The Labute approximate surface area is 181 Å². The van der Waals surface area contributed by atoms with E-state index in [1.165, 1.54) is 0 Å². The van der Waals surface area contributed by atoms with Crippen molar-refractivity contribution < 1.29 is 23.9 Å². The highest BCUT2D eigenvalue weighted by Gasteiger charge is 2.49. The molecule has 0 bridgehead atoms. The van der Waals surface area contributed by atoms with E-state index >= 15 is 0 Å². The molecule has 2 fully saturated rings. The highest BCUT2D eigenvalue weighted by atomic mass is 16.5. The zero-order valence-corrected chi connectivity index (χ0v) is 18.4. The van der Waals surface area contributed by atoms with Crippen LogP contribution in [0.15, 0.2) is 24.3 Å². The van der Waals surface area contributed by atoms with E-state index in [9.17, 15) is 19.2 Å². The number of rotatable bonds is 6. The average Bonchev–Trinajstić information content (AvgIpc) is 3.03. The standard InChI is InChI=1S/C22H30N4O5/c1-13(2)17(23-18(27)14-7-9-16(31-4)10-8-14)19(28)26-11-5-6-15(12-26)22(3)20(29)24-21(30)25-22/h7-10,13,15,17H,5-6,11-12H2,1-4H3,(H,23,27)(H2,24,25,29,30)/t15-,17-,22+/m0/s1. The minimum Gasteiger partial charge on any atom is -0.497 e. The maximum atomic E-state index is 13.3. The average molecular weight is 431 g/mol. The molecule has 1 aromatic carbocycles. The van der Waals surface area contributed by atoms with Crippen LogP contribution >= 0.6 is 0 Å². The second-order valence-electron chi connectivity index (χ2n) is 8.66. The second kappa shape index (κ2) is 8.95. The first-order valence-corrected chi connectivity index (χ1v) is 10.5. The monoisotopic (exact) mass is 430 g/mol. The lowest BCUT2D eigenvalue weighted by atomic mass is 9.80. The quantitative estimate of drug-likeness (QED) is 0.588. The summed E-state index contributed by atoms with van der Waals surface area (Å²) in [6.45, 7) is 6.33. The molecule has 3 N–H and O–H groups in total. The maximum absolute atomic E-state index is 13.3. The lowest BCUT2D eigenvalue weighted by Crippen LogP contribution is -2.59. The molecule has 3 rings (SSSR count). The number of piperidine rings is 1. The predicted octanol–water partition coefficient (Wildman–Crippen LogP) is 1.29. The van der Waals surface area contributed by atoms with E-state index in [-0.39, 0.29) is 29.6 Å². The molecule has 2 heterocycles. The molecular weight excluding hydrogens is 400 g/mol.